The van der Waals surface area contributed by atoms with Crippen LogP contribution in [0.4, 0.5) is 13.2 Å². The fourth-order valence-corrected chi connectivity index (χ4v) is 6.00. The van der Waals surface area contributed by atoms with E-state index in [1.807, 2.05) is 65.2 Å². The Morgan fingerprint density at radius 3 is 2.02 bits per heavy atom. The summed E-state index contributed by atoms with van der Waals surface area (Å²) < 4.78 is 56.6. The number of halogens is 5. The molecule has 0 aliphatic rings. The number of ether oxygens (including phenoxy) is 2. The zero-order valence-electron chi connectivity index (χ0n) is 26.9. The van der Waals surface area contributed by atoms with Crippen LogP contribution in [0.2, 0.25) is 0 Å². The van der Waals surface area contributed by atoms with Crippen LogP contribution < -0.4 is 5.73 Å². The molecule has 49 heavy (non-hydrogen) atoms. The molecule has 0 bridgehead atoms. The summed E-state index contributed by atoms with van der Waals surface area (Å²) in [6.45, 7) is 4.27. The van der Waals surface area contributed by atoms with Crippen LogP contribution in [0.1, 0.15) is 39.9 Å². The molecule has 5 rings (SSSR count). The first-order chi connectivity index (χ1) is 23.5. The van der Waals surface area contributed by atoms with Gasteiger partial charge in [-0.15, -0.1) is 0 Å². The molecular formula is C38H36Br2F3N3O3. The second-order valence-electron chi connectivity index (χ2n) is 11.6. The summed E-state index contributed by atoms with van der Waals surface area (Å²) in [5.74, 6) is 0.406. The fourth-order valence-electron chi connectivity index (χ4n) is 5.48. The number of carbonyl (C=O) groups excluding carboxylic acids is 1. The first kappa shape index (κ1) is 36.7. The summed E-state index contributed by atoms with van der Waals surface area (Å²) >= 11 is 7.01. The average Bonchev–Trinajstić information content (AvgIpc) is 3.45. The van der Waals surface area contributed by atoms with Gasteiger partial charge in [0.15, 0.2) is 5.78 Å². The topological polar surface area (TPSA) is 79.4 Å². The summed E-state index contributed by atoms with van der Waals surface area (Å²) in [5, 5.41) is 0. The number of aromatic nitrogens is 2. The molecule has 0 aliphatic carbocycles. The molecule has 1 heterocycles. The van der Waals surface area contributed by atoms with E-state index in [-0.39, 0.29) is 5.78 Å². The van der Waals surface area contributed by atoms with Crippen molar-refractivity contribution in [3.63, 3.8) is 0 Å². The van der Waals surface area contributed by atoms with Gasteiger partial charge in [0.25, 0.3) is 0 Å². The number of imidazole rings is 1. The second kappa shape index (κ2) is 16.9. The van der Waals surface area contributed by atoms with E-state index in [4.69, 9.17) is 20.2 Å². The van der Waals surface area contributed by atoms with Crippen molar-refractivity contribution in [2.75, 3.05) is 33.0 Å². The molecule has 5 aromatic rings. The van der Waals surface area contributed by atoms with Crippen LogP contribution in [-0.2, 0) is 22.2 Å². The number of nitrogens with zero attached hydrogens (tertiary/aromatic N) is 2. The number of nitrogens with two attached hydrogens (primary N) is 1. The van der Waals surface area contributed by atoms with E-state index in [2.05, 4.69) is 31.9 Å². The maximum Gasteiger partial charge on any atom is 0.416 e. The lowest BCUT2D eigenvalue weighted by atomic mass is 10.0. The van der Waals surface area contributed by atoms with Crippen LogP contribution in [-0.4, -0.2) is 48.3 Å². The third kappa shape index (κ3) is 9.76. The Bertz CT molecular complexity index is 1860. The van der Waals surface area contributed by atoms with Gasteiger partial charge in [-0.2, -0.15) is 13.2 Å². The van der Waals surface area contributed by atoms with Gasteiger partial charge >= 0.3 is 6.18 Å². The van der Waals surface area contributed by atoms with Gasteiger partial charge in [-0.3, -0.25) is 4.79 Å². The van der Waals surface area contributed by atoms with Crippen LogP contribution in [0.15, 0.2) is 99.9 Å². The van der Waals surface area contributed by atoms with Crippen LogP contribution >= 0.6 is 31.9 Å². The highest BCUT2D eigenvalue weighted by Gasteiger charge is 2.32. The molecule has 0 radical (unpaired) electrons. The van der Waals surface area contributed by atoms with Crippen molar-refractivity contribution in [2.24, 2.45) is 5.73 Å². The first-order valence-corrected chi connectivity index (χ1v) is 17.4. The van der Waals surface area contributed by atoms with E-state index >= 15 is 0 Å². The number of ketones is 1. The van der Waals surface area contributed by atoms with E-state index in [1.165, 1.54) is 0 Å². The number of hydrogen-bond donors (Lipinski definition) is 1. The predicted octanol–water partition coefficient (Wildman–Crippen LogP) is 9.74. The minimum atomic E-state index is -4.52. The van der Waals surface area contributed by atoms with Crippen LogP contribution in [0, 0.1) is 6.92 Å². The Morgan fingerprint density at radius 1 is 0.796 bits per heavy atom. The number of carbonyl (C=O) groups is 1. The van der Waals surface area contributed by atoms with E-state index in [1.54, 1.807) is 25.1 Å². The van der Waals surface area contributed by atoms with Crippen LogP contribution in [0.5, 0.6) is 0 Å². The molecule has 6 nitrogen and oxygen atoms in total. The molecular weight excluding hydrogens is 763 g/mol. The normalized spacial score (nSPS) is 11.7. The van der Waals surface area contributed by atoms with Gasteiger partial charge < -0.3 is 19.8 Å². The highest BCUT2D eigenvalue weighted by Crippen LogP contribution is 2.40. The Morgan fingerprint density at radius 2 is 1.41 bits per heavy atom. The van der Waals surface area contributed by atoms with Gasteiger partial charge in [-0.1, -0.05) is 80.4 Å². The van der Waals surface area contributed by atoms with Crippen molar-refractivity contribution in [3.8, 4) is 33.9 Å². The molecule has 256 valence electrons. The maximum absolute atomic E-state index is 14.0. The third-order valence-electron chi connectivity index (χ3n) is 7.81. The van der Waals surface area contributed by atoms with E-state index < -0.39 is 11.7 Å². The van der Waals surface area contributed by atoms with Gasteiger partial charge in [-0.25, -0.2) is 4.98 Å². The molecule has 0 fully saturated rings. The lowest BCUT2D eigenvalue weighted by molar-refractivity contribution is -0.137. The summed E-state index contributed by atoms with van der Waals surface area (Å²) in [6, 6.07) is 26.8. The van der Waals surface area contributed by atoms with Gasteiger partial charge in [0.1, 0.15) is 5.82 Å². The Labute approximate surface area is 300 Å². The average molecular weight is 800 g/mol. The van der Waals surface area contributed by atoms with Gasteiger partial charge in [-0.05, 0) is 66.9 Å². The minimum absolute atomic E-state index is 0.00497. The molecule has 0 spiro atoms. The molecule has 0 aliphatic heterocycles. The highest BCUT2D eigenvalue weighted by molar-refractivity contribution is 9.10. The lowest BCUT2D eigenvalue weighted by Crippen LogP contribution is -2.12. The molecule has 0 atom stereocenters. The van der Waals surface area contributed by atoms with Crippen LogP contribution in [0.3, 0.4) is 0 Å². The molecule has 1 aromatic heterocycles. The molecule has 0 saturated carbocycles. The zero-order valence-corrected chi connectivity index (χ0v) is 30.1. The smallest absolute Gasteiger partial charge is 0.379 e. The highest BCUT2D eigenvalue weighted by atomic mass is 79.9. The summed E-state index contributed by atoms with van der Waals surface area (Å²) in [6.07, 6.45) is -3.59. The summed E-state index contributed by atoms with van der Waals surface area (Å²) in [7, 11) is 0. The molecule has 11 heteroatoms. The first-order valence-electron chi connectivity index (χ1n) is 15.8. The molecule has 0 amide bonds. The lowest BCUT2D eigenvalue weighted by Gasteiger charge is -2.16. The Kier molecular flexibility index (Phi) is 12.6. The number of hydrogen-bond acceptors (Lipinski definition) is 5. The van der Waals surface area contributed by atoms with Gasteiger partial charge in [0.2, 0.25) is 0 Å². The van der Waals surface area contributed by atoms with Crippen molar-refractivity contribution in [2.45, 2.75) is 32.5 Å². The largest absolute Gasteiger partial charge is 0.416 e. The second-order valence-corrected chi connectivity index (χ2v) is 13.4. The minimum Gasteiger partial charge on any atom is -0.379 e. The number of Topliss-reactive ketones (excluding diaryl/α,β-unsaturated/α-hetero) is 1. The maximum atomic E-state index is 14.0. The fraction of sp³-hybridized carbons (Fsp3) is 0.263. The summed E-state index contributed by atoms with van der Waals surface area (Å²) in [5.41, 5.74) is 10.0. The molecule has 0 unspecified atom stereocenters. The molecule has 0 saturated heterocycles. The quantitative estimate of drug-likeness (QED) is 0.0843. The van der Waals surface area contributed by atoms with Crippen molar-refractivity contribution in [1.82, 2.24) is 9.55 Å². The summed E-state index contributed by atoms with van der Waals surface area (Å²) in [4.78, 5) is 18.0. The van der Waals surface area contributed by atoms with Gasteiger partial charge in [0, 0.05) is 57.3 Å². The van der Waals surface area contributed by atoms with Crippen molar-refractivity contribution >= 4 is 37.6 Å². The van der Waals surface area contributed by atoms with E-state index in [9.17, 15) is 18.0 Å². The molecule has 2 N–H and O–H groups in total. The predicted molar refractivity (Wildman–Crippen MR) is 193 cm³/mol. The van der Waals surface area contributed by atoms with Crippen LogP contribution in [0.25, 0.3) is 33.9 Å². The van der Waals surface area contributed by atoms with Crippen molar-refractivity contribution in [3.05, 3.63) is 122 Å². The standard InChI is InChI=1S/C38H36Br2F3N3O3/c1-25-21-30(23-31(22-25)38(41,42)43)37-45-35(28-8-12-32(39)13-9-28)36(29-10-14-33(40)15-11-29)46(37)24-26-4-6-27(7-5-26)34(47)3-2-17-48-19-20-49-18-16-44/h4-15,21-23H,2-3,16-20,24,44H2,1H3. The third-order valence-corrected chi connectivity index (χ3v) is 8.87. The number of alkyl halides is 3. The molecule has 4 aromatic carbocycles. The van der Waals surface area contributed by atoms with Crippen molar-refractivity contribution in [1.29, 1.82) is 0 Å². The monoisotopic (exact) mass is 797 g/mol. The Hall–Kier alpha value is -3.61. The van der Waals surface area contributed by atoms with Gasteiger partial charge in [0.05, 0.1) is 36.8 Å². The number of benzene rings is 4. The number of rotatable bonds is 15. The van der Waals surface area contributed by atoms with E-state index in [0.717, 1.165) is 43.5 Å². The van der Waals surface area contributed by atoms with E-state index in [0.29, 0.717) is 80.6 Å². The Balaban J connectivity index is 1.50. The van der Waals surface area contributed by atoms with Crippen molar-refractivity contribution < 1.29 is 27.4 Å². The SMILES string of the molecule is Cc1cc(-c2nc(-c3ccc(Br)cc3)c(-c3ccc(Br)cc3)n2Cc2ccc(C(=O)CCCOCCOCCN)cc2)cc(C(F)(F)F)c1. The number of aryl methyl sites for hydroxylation is 1. The zero-order chi connectivity index (χ0) is 35.0.